The molecule has 0 saturated carbocycles. The fourth-order valence-corrected chi connectivity index (χ4v) is 3.10. The predicted octanol–water partition coefficient (Wildman–Crippen LogP) is 2.88. The van der Waals surface area contributed by atoms with Gasteiger partial charge in [-0.05, 0) is 63.3 Å². The Hall–Kier alpha value is -1.13. The van der Waals surface area contributed by atoms with Crippen LogP contribution in [-0.4, -0.2) is 35.8 Å². The van der Waals surface area contributed by atoms with E-state index in [0.29, 0.717) is 12.1 Å². The van der Waals surface area contributed by atoms with Crippen molar-refractivity contribution in [2.45, 2.75) is 58.0 Å². The van der Waals surface area contributed by atoms with Crippen molar-refractivity contribution in [3.63, 3.8) is 0 Å². The first-order valence-corrected chi connectivity index (χ1v) is 8.33. The highest BCUT2D eigenvalue weighted by Gasteiger charge is 2.25. The van der Waals surface area contributed by atoms with Gasteiger partial charge in [-0.15, -0.1) is 0 Å². The third-order valence-corrected chi connectivity index (χ3v) is 4.34. The lowest BCUT2D eigenvalue weighted by Gasteiger charge is -2.26. The van der Waals surface area contributed by atoms with Gasteiger partial charge < -0.3 is 15.3 Å². The van der Waals surface area contributed by atoms with Gasteiger partial charge in [-0.2, -0.15) is 0 Å². The van der Waals surface area contributed by atoms with Crippen molar-refractivity contribution in [1.29, 1.82) is 0 Å². The summed E-state index contributed by atoms with van der Waals surface area (Å²) in [6.45, 7) is 6.82. The van der Waals surface area contributed by atoms with Gasteiger partial charge in [0.05, 0.1) is 0 Å². The lowest BCUT2D eigenvalue weighted by Crippen LogP contribution is -2.30. The monoisotopic (exact) mass is 291 g/mol. The number of pyridine rings is 1. The highest BCUT2D eigenvalue weighted by Crippen LogP contribution is 2.28. The van der Waals surface area contributed by atoms with Crippen LogP contribution in [0.4, 0.5) is 5.82 Å². The fraction of sp³-hybridized carbons (Fsp3) is 0.706. The topological polar surface area (TPSA) is 48.4 Å². The van der Waals surface area contributed by atoms with Gasteiger partial charge in [0, 0.05) is 31.4 Å². The molecule has 2 unspecified atom stereocenters. The van der Waals surface area contributed by atoms with Gasteiger partial charge in [-0.25, -0.2) is 4.98 Å². The fourth-order valence-electron chi connectivity index (χ4n) is 3.10. The summed E-state index contributed by atoms with van der Waals surface area (Å²) >= 11 is 0. The Morgan fingerprint density at radius 2 is 2.38 bits per heavy atom. The highest BCUT2D eigenvalue weighted by molar-refractivity contribution is 5.44. The number of aliphatic hydroxyl groups excluding tert-OH is 1. The predicted molar refractivity (Wildman–Crippen MR) is 87.6 cm³/mol. The smallest absolute Gasteiger partial charge is 0.129 e. The Morgan fingerprint density at radius 1 is 1.52 bits per heavy atom. The zero-order chi connectivity index (χ0) is 15.1. The molecule has 21 heavy (non-hydrogen) atoms. The van der Waals surface area contributed by atoms with Crippen molar-refractivity contribution in [2.24, 2.45) is 0 Å². The number of nitrogens with one attached hydrogen (secondary N) is 1. The summed E-state index contributed by atoms with van der Waals surface area (Å²) in [5.41, 5.74) is 1.31. The van der Waals surface area contributed by atoms with E-state index in [0.717, 1.165) is 38.2 Å². The Kier molecular flexibility index (Phi) is 6.46. The standard InChI is InChI=1S/C17H29N3O/c1-3-9-18-14(2)15-8-10-19-17(13-15)20-11-4-6-16(20)7-5-12-21/h8,10,13-14,16,18,21H,3-7,9,11-12H2,1-2H3. The maximum Gasteiger partial charge on any atom is 0.129 e. The molecule has 2 rings (SSSR count). The third kappa shape index (κ3) is 4.42. The van der Waals surface area contributed by atoms with Gasteiger partial charge in [0.15, 0.2) is 0 Å². The van der Waals surface area contributed by atoms with Crippen molar-refractivity contribution in [3.05, 3.63) is 23.9 Å². The van der Waals surface area contributed by atoms with Gasteiger partial charge in [-0.1, -0.05) is 6.92 Å². The molecule has 1 fully saturated rings. The van der Waals surface area contributed by atoms with Crippen LogP contribution < -0.4 is 10.2 Å². The highest BCUT2D eigenvalue weighted by atomic mass is 16.2. The number of rotatable bonds is 8. The Labute approximate surface area is 128 Å². The van der Waals surface area contributed by atoms with Crippen LogP contribution in [-0.2, 0) is 0 Å². The van der Waals surface area contributed by atoms with Crippen molar-refractivity contribution < 1.29 is 5.11 Å². The molecule has 0 bridgehead atoms. The van der Waals surface area contributed by atoms with Crippen LogP contribution in [0.3, 0.4) is 0 Å². The van der Waals surface area contributed by atoms with Crippen LogP contribution in [0.1, 0.15) is 57.6 Å². The van der Waals surface area contributed by atoms with Crippen LogP contribution in [0.5, 0.6) is 0 Å². The minimum Gasteiger partial charge on any atom is -0.396 e. The molecular weight excluding hydrogens is 262 g/mol. The first-order chi connectivity index (χ1) is 10.3. The van der Waals surface area contributed by atoms with Crippen LogP contribution in [0.25, 0.3) is 0 Å². The zero-order valence-corrected chi connectivity index (χ0v) is 13.4. The van der Waals surface area contributed by atoms with Gasteiger partial charge in [0.1, 0.15) is 5.82 Å². The first kappa shape index (κ1) is 16.2. The summed E-state index contributed by atoms with van der Waals surface area (Å²) in [5, 5.41) is 12.6. The molecule has 4 heteroatoms. The van der Waals surface area contributed by atoms with E-state index in [1.807, 2.05) is 6.20 Å². The molecule has 4 nitrogen and oxygen atoms in total. The molecule has 0 amide bonds. The quantitative estimate of drug-likeness (QED) is 0.773. The van der Waals surface area contributed by atoms with E-state index in [-0.39, 0.29) is 6.61 Å². The number of anilines is 1. The SMILES string of the molecule is CCCNC(C)c1ccnc(N2CCCC2CCCO)c1. The van der Waals surface area contributed by atoms with Crippen molar-refractivity contribution in [2.75, 3.05) is 24.6 Å². The Bertz CT molecular complexity index is 424. The van der Waals surface area contributed by atoms with Crippen LogP contribution in [0.15, 0.2) is 18.3 Å². The average molecular weight is 291 g/mol. The Balaban J connectivity index is 2.05. The summed E-state index contributed by atoms with van der Waals surface area (Å²) in [5.74, 6) is 1.10. The minimum absolute atomic E-state index is 0.287. The second-order valence-electron chi connectivity index (χ2n) is 5.98. The number of aliphatic hydroxyl groups is 1. The van der Waals surface area contributed by atoms with E-state index in [4.69, 9.17) is 5.11 Å². The maximum absolute atomic E-state index is 9.04. The molecular formula is C17H29N3O. The van der Waals surface area contributed by atoms with Crippen molar-refractivity contribution in [1.82, 2.24) is 10.3 Å². The largest absolute Gasteiger partial charge is 0.396 e. The van der Waals surface area contributed by atoms with E-state index in [2.05, 4.69) is 41.2 Å². The minimum atomic E-state index is 0.287. The molecule has 1 aromatic rings. The second kappa shape index (κ2) is 8.35. The molecule has 1 aliphatic heterocycles. The zero-order valence-electron chi connectivity index (χ0n) is 13.4. The van der Waals surface area contributed by atoms with Crippen molar-refractivity contribution >= 4 is 5.82 Å². The molecule has 1 saturated heterocycles. The number of aromatic nitrogens is 1. The average Bonchev–Trinajstić information content (AvgIpc) is 2.99. The molecule has 118 valence electrons. The molecule has 2 N–H and O–H groups in total. The van der Waals surface area contributed by atoms with E-state index < -0.39 is 0 Å². The summed E-state index contributed by atoms with van der Waals surface area (Å²) in [6.07, 6.45) is 7.47. The summed E-state index contributed by atoms with van der Waals surface area (Å²) in [6, 6.07) is 5.24. The second-order valence-corrected chi connectivity index (χ2v) is 5.98. The lowest BCUT2D eigenvalue weighted by atomic mass is 10.1. The molecule has 0 radical (unpaired) electrons. The molecule has 0 spiro atoms. The van der Waals surface area contributed by atoms with E-state index in [9.17, 15) is 0 Å². The van der Waals surface area contributed by atoms with Crippen LogP contribution in [0.2, 0.25) is 0 Å². The van der Waals surface area contributed by atoms with Gasteiger partial charge in [-0.3, -0.25) is 0 Å². The number of hydrogen-bond acceptors (Lipinski definition) is 4. The van der Waals surface area contributed by atoms with Crippen LogP contribution in [0, 0.1) is 0 Å². The van der Waals surface area contributed by atoms with Gasteiger partial charge in [0.2, 0.25) is 0 Å². The molecule has 1 aliphatic rings. The van der Waals surface area contributed by atoms with E-state index in [1.165, 1.54) is 18.4 Å². The molecule has 0 aliphatic carbocycles. The molecule has 0 aromatic carbocycles. The third-order valence-electron chi connectivity index (χ3n) is 4.34. The molecule has 2 atom stereocenters. The maximum atomic E-state index is 9.04. The number of hydrogen-bond donors (Lipinski definition) is 2. The van der Waals surface area contributed by atoms with E-state index >= 15 is 0 Å². The van der Waals surface area contributed by atoms with Gasteiger partial charge in [0.25, 0.3) is 0 Å². The lowest BCUT2D eigenvalue weighted by molar-refractivity contribution is 0.279. The Morgan fingerprint density at radius 3 is 3.14 bits per heavy atom. The molecule has 1 aromatic heterocycles. The summed E-state index contributed by atoms with van der Waals surface area (Å²) < 4.78 is 0. The summed E-state index contributed by atoms with van der Waals surface area (Å²) in [4.78, 5) is 7.00. The molecule has 2 heterocycles. The van der Waals surface area contributed by atoms with Crippen molar-refractivity contribution in [3.8, 4) is 0 Å². The number of nitrogens with zero attached hydrogens (tertiary/aromatic N) is 2. The van der Waals surface area contributed by atoms with Gasteiger partial charge >= 0.3 is 0 Å². The first-order valence-electron chi connectivity index (χ1n) is 8.33. The normalized spacial score (nSPS) is 20.0. The van der Waals surface area contributed by atoms with E-state index in [1.54, 1.807) is 0 Å². The van der Waals surface area contributed by atoms with Crippen LogP contribution >= 0.6 is 0 Å². The summed E-state index contributed by atoms with van der Waals surface area (Å²) in [7, 11) is 0.